The van der Waals surface area contributed by atoms with Gasteiger partial charge in [-0.1, -0.05) is 6.07 Å². The van der Waals surface area contributed by atoms with Gasteiger partial charge in [0.2, 0.25) is 5.91 Å². The lowest BCUT2D eigenvalue weighted by Gasteiger charge is -2.21. The third kappa shape index (κ3) is 3.76. The average molecular weight is 287 g/mol. The molecule has 1 unspecified atom stereocenters. The van der Waals surface area contributed by atoms with Gasteiger partial charge in [-0.15, -0.1) is 0 Å². The number of nitrogens with one attached hydrogen (secondary N) is 2. The zero-order valence-electron chi connectivity index (χ0n) is 12.9. The highest BCUT2D eigenvalue weighted by Gasteiger charge is 2.29. The third-order valence-electron chi connectivity index (χ3n) is 4.40. The number of anilines is 2. The summed E-state index contributed by atoms with van der Waals surface area (Å²) in [6.45, 7) is 6.75. The van der Waals surface area contributed by atoms with Gasteiger partial charge in [-0.3, -0.25) is 9.69 Å². The van der Waals surface area contributed by atoms with E-state index in [9.17, 15) is 4.79 Å². The number of hydrogen-bond acceptors (Lipinski definition) is 3. The maximum Gasteiger partial charge on any atom is 0.227 e. The number of likely N-dealkylation sites (tertiary alicyclic amines) is 1. The topological polar surface area (TPSA) is 44.4 Å². The first-order valence-corrected chi connectivity index (χ1v) is 8.03. The molecule has 2 N–H and O–H groups in total. The summed E-state index contributed by atoms with van der Waals surface area (Å²) >= 11 is 0. The van der Waals surface area contributed by atoms with Crippen LogP contribution in [0.25, 0.3) is 0 Å². The molecule has 4 nitrogen and oxygen atoms in total. The lowest BCUT2D eigenvalue weighted by Crippen LogP contribution is -2.31. The van der Waals surface area contributed by atoms with Gasteiger partial charge < -0.3 is 10.6 Å². The van der Waals surface area contributed by atoms with Crippen molar-refractivity contribution in [3.63, 3.8) is 0 Å². The Kier molecular flexibility index (Phi) is 4.15. The molecular formula is C17H25N3O. The maximum atomic E-state index is 11.8. The summed E-state index contributed by atoms with van der Waals surface area (Å²) in [5.74, 6) is 0.412. The summed E-state index contributed by atoms with van der Waals surface area (Å²) in [6, 6.07) is 9.19. The van der Waals surface area contributed by atoms with Gasteiger partial charge in [-0.05, 0) is 51.3 Å². The van der Waals surface area contributed by atoms with Crippen molar-refractivity contribution in [2.24, 2.45) is 5.92 Å². The number of rotatable bonds is 5. The van der Waals surface area contributed by atoms with E-state index in [-0.39, 0.29) is 11.8 Å². The Morgan fingerprint density at radius 3 is 2.67 bits per heavy atom. The number of carbonyl (C=O) groups excluding carboxylic acids is 1. The summed E-state index contributed by atoms with van der Waals surface area (Å²) < 4.78 is 0. The van der Waals surface area contributed by atoms with Gasteiger partial charge in [0, 0.05) is 42.5 Å². The van der Waals surface area contributed by atoms with Crippen LogP contribution in [0.5, 0.6) is 0 Å². The molecule has 1 aromatic carbocycles. The zero-order chi connectivity index (χ0) is 14.8. The molecule has 1 saturated carbocycles. The molecule has 4 heteroatoms. The Hall–Kier alpha value is -1.55. The summed E-state index contributed by atoms with van der Waals surface area (Å²) in [5.41, 5.74) is 2.00. The Balaban J connectivity index is 1.57. The first kappa shape index (κ1) is 14.4. The van der Waals surface area contributed by atoms with Crippen molar-refractivity contribution in [2.45, 2.75) is 45.2 Å². The normalized spacial score (nSPS) is 22.5. The maximum absolute atomic E-state index is 11.8. The fourth-order valence-corrected chi connectivity index (χ4v) is 2.89. The number of benzene rings is 1. The third-order valence-corrected chi connectivity index (χ3v) is 4.40. The van der Waals surface area contributed by atoms with Crippen LogP contribution in [0.15, 0.2) is 24.3 Å². The van der Waals surface area contributed by atoms with Crippen molar-refractivity contribution in [3.8, 4) is 0 Å². The minimum Gasteiger partial charge on any atom is -0.381 e. The molecule has 1 heterocycles. The molecule has 3 rings (SSSR count). The summed E-state index contributed by atoms with van der Waals surface area (Å²) in [4.78, 5) is 14.3. The largest absolute Gasteiger partial charge is 0.381 e. The lowest BCUT2D eigenvalue weighted by atomic mass is 10.2. The molecule has 1 amide bonds. The van der Waals surface area contributed by atoms with Crippen molar-refractivity contribution < 1.29 is 4.79 Å². The molecule has 0 radical (unpaired) electrons. The summed E-state index contributed by atoms with van der Waals surface area (Å²) in [7, 11) is 0. The van der Waals surface area contributed by atoms with Gasteiger partial charge in [-0.25, -0.2) is 0 Å². The van der Waals surface area contributed by atoms with Crippen LogP contribution in [-0.2, 0) is 4.79 Å². The van der Waals surface area contributed by atoms with Crippen molar-refractivity contribution in [1.29, 1.82) is 0 Å². The fraction of sp³-hybridized carbons (Fsp3) is 0.588. The molecule has 1 atom stereocenters. The van der Waals surface area contributed by atoms with Crippen LogP contribution >= 0.6 is 0 Å². The molecule has 0 bridgehead atoms. The SMILES string of the molecule is CC(C)N1CCC(Nc2cccc(NC(=O)C3CC3)c2)C1. The number of hydrogen-bond donors (Lipinski definition) is 2. The number of amides is 1. The van der Waals surface area contributed by atoms with E-state index in [4.69, 9.17) is 0 Å². The van der Waals surface area contributed by atoms with Crippen LogP contribution in [0.2, 0.25) is 0 Å². The highest BCUT2D eigenvalue weighted by Crippen LogP contribution is 2.30. The van der Waals surface area contributed by atoms with E-state index < -0.39 is 0 Å². The molecule has 0 spiro atoms. The molecule has 114 valence electrons. The Morgan fingerprint density at radius 1 is 1.24 bits per heavy atom. The molecule has 1 aliphatic heterocycles. The van der Waals surface area contributed by atoms with Crippen molar-refractivity contribution >= 4 is 17.3 Å². The highest BCUT2D eigenvalue weighted by molar-refractivity contribution is 5.94. The number of nitrogens with zero attached hydrogens (tertiary/aromatic N) is 1. The van der Waals surface area contributed by atoms with Crippen LogP contribution in [0.1, 0.15) is 33.1 Å². The lowest BCUT2D eigenvalue weighted by molar-refractivity contribution is -0.117. The predicted octanol–water partition coefficient (Wildman–Crippen LogP) is 2.93. The van der Waals surface area contributed by atoms with Gasteiger partial charge in [0.25, 0.3) is 0 Å². The van der Waals surface area contributed by atoms with Crippen LogP contribution in [0.3, 0.4) is 0 Å². The Bertz CT molecular complexity index is 511. The molecule has 1 aromatic rings. The van der Waals surface area contributed by atoms with E-state index in [0.29, 0.717) is 12.1 Å². The van der Waals surface area contributed by atoms with Crippen LogP contribution < -0.4 is 10.6 Å². The van der Waals surface area contributed by atoms with E-state index >= 15 is 0 Å². The standard InChI is InChI=1S/C17H25N3O/c1-12(2)20-9-8-16(11-20)18-14-4-3-5-15(10-14)19-17(21)13-6-7-13/h3-5,10,12-13,16,18H,6-9,11H2,1-2H3,(H,19,21). The van der Waals surface area contributed by atoms with Crippen molar-refractivity contribution in [3.05, 3.63) is 24.3 Å². The van der Waals surface area contributed by atoms with E-state index in [1.807, 2.05) is 18.2 Å². The van der Waals surface area contributed by atoms with Crippen molar-refractivity contribution in [2.75, 3.05) is 23.7 Å². The number of carbonyl (C=O) groups is 1. The second kappa shape index (κ2) is 6.06. The smallest absolute Gasteiger partial charge is 0.227 e. The zero-order valence-corrected chi connectivity index (χ0v) is 12.9. The second-order valence-corrected chi connectivity index (χ2v) is 6.56. The molecule has 0 aromatic heterocycles. The quantitative estimate of drug-likeness (QED) is 0.875. The van der Waals surface area contributed by atoms with Gasteiger partial charge in [0.05, 0.1) is 0 Å². The highest BCUT2D eigenvalue weighted by atomic mass is 16.2. The summed E-state index contributed by atoms with van der Waals surface area (Å²) in [5, 5.41) is 6.60. The predicted molar refractivity (Wildman–Crippen MR) is 86.5 cm³/mol. The minimum absolute atomic E-state index is 0.166. The molecular weight excluding hydrogens is 262 g/mol. The van der Waals surface area contributed by atoms with Crippen LogP contribution in [0.4, 0.5) is 11.4 Å². The molecule has 2 fully saturated rings. The van der Waals surface area contributed by atoms with Crippen LogP contribution in [0, 0.1) is 5.92 Å². The second-order valence-electron chi connectivity index (χ2n) is 6.56. The molecule has 1 aliphatic carbocycles. The van der Waals surface area contributed by atoms with Gasteiger partial charge in [0.1, 0.15) is 0 Å². The fourth-order valence-electron chi connectivity index (χ4n) is 2.89. The van der Waals surface area contributed by atoms with E-state index in [1.54, 1.807) is 0 Å². The van der Waals surface area contributed by atoms with Gasteiger partial charge in [-0.2, -0.15) is 0 Å². The minimum atomic E-state index is 0.166. The van der Waals surface area contributed by atoms with E-state index in [0.717, 1.165) is 37.3 Å². The van der Waals surface area contributed by atoms with Crippen LogP contribution in [-0.4, -0.2) is 36.0 Å². The van der Waals surface area contributed by atoms with E-state index in [2.05, 4.69) is 35.4 Å². The Morgan fingerprint density at radius 2 is 2.00 bits per heavy atom. The monoisotopic (exact) mass is 287 g/mol. The van der Waals surface area contributed by atoms with E-state index in [1.165, 1.54) is 6.42 Å². The summed E-state index contributed by atoms with van der Waals surface area (Å²) in [6.07, 6.45) is 3.25. The first-order valence-electron chi connectivity index (χ1n) is 8.03. The first-order chi connectivity index (χ1) is 10.1. The molecule has 1 saturated heterocycles. The van der Waals surface area contributed by atoms with Crippen molar-refractivity contribution in [1.82, 2.24) is 4.90 Å². The molecule has 21 heavy (non-hydrogen) atoms. The average Bonchev–Trinajstić information content (AvgIpc) is 3.20. The molecule has 2 aliphatic rings. The van der Waals surface area contributed by atoms with Gasteiger partial charge >= 0.3 is 0 Å². The Labute approximate surface area is 126 Å². The van der Waals surface area contributed by atoms with Gasteiger partial charge in [0.15, 0.2) is 0 Å².